The normalized spacial score (nSPS) is 5.37. The van der Waals surface area contributed by atoms with Gasteiger partial charge in [0.1, 0.15) is 0 Å². The topological polar surface area (TPSA) is 78.9 Å². The van der Waals surface area contributed by atoms with Gasteiger partial charge >= 0.3 is 82.8 Å². The third-order valence-corrected chi connectivity index (χ3v) is 1.06. The van der Waals surface area contributed by atoms with Crippen LogP contribution < -0.4 is 56.6 Å². The second kappa shape index (κ2) is 36.9. The summed E-state index contributed by atoms with van der Waals surface area (Å²) in [6, 6.07) is 0. The summed E-state index contributed by atoms with van der Waals surface area (Å²) < 4.78 is 11.1. The molecule has 0 aliphatic rings. The molecule has 0 spiro atoms. The van der Waals surface area contributed by atoms with Crippen molar-refractivity contribution in [3.8, 4) is 0 Å². The van der Waals surface area contributed by atoms with Gasteiger partial charge in [-0.1, -0.05) is 0 Å². The van der Waals surface area contributed by atoms with Crippen LogP contribution >= 0.6 is 0 Å². The summed E-state index contributed by atoms with van der Waals surface area (Å²) in [5, 5.41) is 0. The van der Waals surface area contributed by atoms with E-state index < -0.39 is 17.9 Å². The van der Waals surface area contributed by atoms with Crippen molar-refractivity contribution >= 4 is 82.8 Å². The van der Waals surface area contributed by atoms with E-state index in [-0.39, 0.29) is 87.1 Å². The van der Waals surface area contributed by atoms with E-state index >= 15 is 0 Å². The first-order valence-electron chi connectivity index (χ1n) is 3.22. The molecule has 98 valence electrons. The second-order valence-corrected chi connectivity index (χ2v) is 2.22. The molecule has 0 saturated carbocycles. The van der Waals surface area contributed by atoms with Gasteiger partial charge in [0.25, 0.3) is 17.9 Å². The number of carbonyl (C=O) groups excluding carboxylic acids is 3. The largest absolute Gasteiger partial charge is 3.00 e. The smallest absolute Gasteiger partial charge is 1.00 e. The van der Waals surface area contributed by atoms with Crippen LogP contribution in [0.25, 0.3) is 0 Å². The van der Waals surface area contributed by atoms with Gasteiger partial charge in [-0.05, 0) is 0 Å². The van der Waals surface area contributed by atoms with E-state index in [1.165, 1.54) is 20.8 Å². The molecule has 0 bridgehead atoms. The quantitative estimate of drug-likeness (QED) is 0.235. The van der Waals surface area contributed by atoms with E-state index in [0.717, 1.165) is 0 Å². The van der Waals surface area contributed by atoms with Crippen LogP contribution in [0.15, 0.2) is 0 Å². The van der Waals surface area contributed by atoms with E-state index in [1.54, 1.807) is 0 Å². The number of carbonyl (C=O) groups is 3. The average Bonchev–Trinajstić information content (AvgIpc) is 2.19. The van der Waals surface area contributed by atoms with Crippen molar-refractivity contribution in [2.45, 2.75) is 20.8 Å². The fourth-order valence-corrected chi connectivity index (χ4v) is 0. The molecule has 19 heavy (non-hydrogen) atoms. The maximum absolute atomic E-state index is 9.49. The molecule has 0 heterocycles. The van der Waals surface area contributed by atoms with Gasteiger partial charge in [0.15, 0.2) is 0 Å². The van der Waals surface area contributed by atoms with Crippen LogP contribution in [0, 0.1) is 0 Å². The molecule has 2 radical (unpaired) electrons. The van der Waals surface area contributed by atoms with Gasteiger partial charge in [0.05, 0.1) is 0 Å². The van der Waals surface area contributed by atoms with Crippen molar-refractivity contribution in [3.63, 3.8) is 0 Å². The number of rotatable bonds is 0. The van der Waals surface area contributed by atoms with Crippen LogP contribution in [0.1, 0.15) is 25.1 Å². The Hall–Kier alpha value is 2.14. The van der Waals surface area contributed by atoms with Crippen molar-refractivity contribution < 1.29 is 87.8 Å². The first-order valence-corrected chi connectivity index (χ1v) is 4.22. The van der Waals surface area contributed by atoms with Crippen molar-refractivity contribution in [1.82, 2.24) is 0 Å². The standard InChI is InChI=1S/3C2H4O2S.Bi.3Li.3H/c3*1-2(3)4-5;;;;;;;/h3*5H,1H3;;;;;;;/q;;;+3;3*+1;3*-1/p-3. The zero-order valence-corrected chi connectivity index (χ0v) is 17.5. The summed E-state index contributed by atoms with van der Waals surface area (Å²) in [6.45, 7) is 3.77. The van der Waals surface area contributed by atoms with E-state index in [0.29, 0.717) is 0 Å². The molecule has 0 aromatic rings. The molecule has 0 aromatic carbocycles. The Morgan fingerprint density at radius 2 is 0.737 bits per heavy atom. The van der Waals surface area contributed by atoms with Crippen LogP contribution in [-0.4, -0.2) is 44.1 Å². The number of hydrogen-bond acceptors (Lipinski definition) is 9. The van der Waals surface area contributed by atoms with E-state index in [2.05, 4.69) is 51.3 Å². The maximum Gasteiger partial charge on any atom is 3.00 e. The van der Waals surface area contributed by atoms with Gasteiger partial charge in [0, 0.05) is 20.8 Å². The van der Waals surface area contributed by atoms with Crippen molar-refractivity contribution in [1.29, 1.82) is 0 Å². The predicted octanol–water partition coefficient (Wildman–Crippen LogP) is -9.00. The molecule has 0 aromatic heterocycles. The molecular weight excluding hydrogens is 494 g/mol. The van der Waals surface area contributed by atoms with Gasteiger partial charge in [-0.25, -0.2) is 0 Å². The monoisotopic (exact) mass is 506 g/mol. The first-order chi connectivity index (χ1) is 6.81. The summed E-state index contributed by atoms with van der Waals surface area (Å²) in [4.78, 5) is 28.5. The van der Waals surface area contributed by atoms with Gasteiger partial charge in [-0.15, -0.1) is 0 Å². The minimum absolute atomic E-state index is 0. The molecule has 0 unspecified atom stereocenters. The first kappa shape index (κ1) is 42.9. The van der Waals surface area contributed by atoms with Gasteiger partial charge < -0.3 is 55.6 Å². The third-order valence-electron chi connectivity index (χ3n) is 0.352. The Morgan fingerprint density at radius 3 is 0.737 bits per heavy atom. The van der Waals surface area contributed by atoms with Crippen LogP contribution in [-0.2, 0) is 65.7 Å². The Labute approximate surface area is 189 Å². The molecule has 13 heteroatoms. The minimum atomic E-state index is -0.431. The molecule has 0 fully saturated rings. The molecule has 0 amide bonds. The molecule has 0 aliphatic heterocycles. The fourth-order valence-electron chi connectivity index (χ4n) is 0. The van der Waals surface area contributed by atoms with E-state index in [4.69, 9.17) is 0 Å². The molecular formula is C6H12BiLi3O6S3. The molecule has 0 rings (SSSR count). The summed E-state index contributed by atoms with van der Waals surface area (Å²) >= 11 is 11.5. The van der Waals surface area contributed by atoms with Gasteiger partial charge in [0.2, 0.25) is 0 Å². The van der Waals surface area contributed by atoms with Crippen molar-refractivity contribution in [2.24, 2.45) is 0 Å². The summed E-state index contributed by atoms with van der Waals surface area (Å²) in [7, 11) is 0. The Kier molecular flexibility index (Phi) is 83.3. The molecule has 0 N–H and O–H groups in total. The summed E-state index contributed by atoms with van der Waals surface area (Å²) in [5.41, 5.74) is 0. The molecule has 0 atom stereocenters. The molecule has 0 aliphatic carbocycles. The van der Waals surface area contributed by atoms with Crippen molar-refractivity contribution in [2.75, 3.05) is 0 Å². The third kappa shape index (κ3) is 100. The van der Waals surface area contributed by atoms with E-state index in [1.807, 2.05) is 0 Å². The average molecular weight is 506 g/mol. The fraction of sp³-hybridized carbons (Fsp3) is 0.500. The summed E-state index contributed by atoms with van der Waals surface area (Å²) in [6.07, 6.45) is 0. The van der Waals surface area contributed by atoms with Crippen molar-refractivity contribution in [3.05, 3.63) is 0 Å². The maximum atomic E-state index is 9.49. The minimum Gasteiger partial charge on any atom is -1.00 e. The van der Waals surface area contributed by atoms with Crippen LogP contribution in [0.2, 0.25) is 0 Å². The zero-order valence-electron chi connectivity index (χ0n) is 14.6. The van der Waals surface area contributed by atoms with Crippen LogP contribution in [0.5, 0.6) is 0 Å². The number of hydrogen-bond donors (Lipinski definition) is 0. The van der Waals surface area contributed by atoms with E-state index in [9.17, 15) is 14.4 Å². The summed E-state index contributed by atoms with van der Waals surface area (Å²) in [5.74, 6) is -1.29. The van der Waals surface area contributed by atoms with Gasteiger partial charge in [-0.2, -0.15) is 0 Å². The Bertz CT molecular complexity index is 192. The van der Waals surface area contributed by atoms with Crippen LogP contribution in [0.4, 0.5) is 0 Å². The molecule has 0 saturated heterocycles. The Morgan fingerprint density at radius 1 is 0.684 bits per heavy atom. The zero-order chi connectivity index (χ0) is 12.9. The SMILES string of the molecule is CC(=O)O[S-].CC(=O)O[S-].CC(=O)O[S-].[Bi+3].[H-].[H-].[H-].[Li+].[Li+].[Li+]. The second-order valence-electron chi connectivity index (χ2n) is 1.72. The predicted molar refractivity (Wildman–Crippen MR) is 66.5 cm³/mol. The molecule has 6 nitrogen and oxygen atoms in total. The van der Waals surface area contributed by atoms with Crippen LogP contribution in [0.3, 0.4) is 0 Å². The van der Waals surface area contributed by atoms with Gasteiger partial charge in [-0.3, -0.25) is 14.4 Å². The Balaban J connectivity index is -0.0000000106.